The highest BCUT2D eigenvalue weighted by Gasteiger charge is 2.58. The molecule has 0 radical (unpaired) electrons. The second-order valence-corrected chi connectivity index (χ2v) is 9.50. The van der Waals surface area contributed by atoms with Crippen LogP contribution < -0.4 is 5.32 Å². The Kier molecular flexibility index (Phi) is 8.74. The Bertz CT molecular complexity index is 698. The van der Waals surface area contributed by atoms with E-state index in [0.29, 0.717) is 6.42 Å². The summed E-state index contributed by atoms with van der Waals surface area (Å²) in [5, 5.41) is 13.2. The van der Waals surface area contributed by atoms with Crippen LogP contribution in [-0.4, -0.2) is 59.1 Å². The third kappa shape index (κ3) is 4.87. The molecule has 2 N–H and O–H groups in total. The fourth-order valence-electron chi connectivity index (χ4n) is 5.96. The van der Waals surface area contributed by atoms with Crippen molar-refractivity contribution in [3.8, 4) is 0 Å². The van der Waals surface area contributed by atoms with Crippen molar-refractivity contribution in [2.75, 3.05) is 13.2 Å². The molecule has 0 spiro atoms. The Balaban J connectivity index is 1.96. The molecule has 0 unspecified atom stereocenters. The maximum atomic E-state index is 13.8. The van der Waals surface area contributed by atoms with Gasteiger partial charge in [-0.2, -0.15) is 0 Å². The van der Waals surface area contributed by atoms with Crippen LogP contribution in [0.4, 0.5) is 0 Å². The standard InChI is InChI=1S/C25H40N2O5/c1-4-10-16-13-14-19-21(20(16)25(31)32-6-3)24(30)27(18(5-2)15-28)22(19)23(29)26-17-11-8-7-9-12-17/h13-14,16-22,28H,4-12,15H2,1-3H3,(H,26,29)/t16-,18+,19+,20-,21-,22+/m1/s1. The summed E-state index contributed by atoms with van der Waals surface area (Å²) in [5.74, 6) is -2.42. The lowest BCUT2D eigenvalue weighted by molar-refractivity contribution is -0.156. The average Bonchev–Trinajstić information content (AvgIpc) is 3.08. The topological polar surface area (TPSA) is 95.9 Å². The van der Waals surface area contributed by atoms with Gasteiger partial charge in [-0.3, -0.25) is 14.4 Å². The van der Waals surface area contributed by atoms with Crippen molar-refractivity contribution in [1.29, 1.82) is 0 Å². The first kappa shape index (κ1) is 24.7. The predicted octanol–water partition coefficient (Wildman–Crippen LogP) is 2.81. The number of aliphatic hydroxyl groups excluding tert-OH is 1. The lowest BCUT2D eigenvalue weighted by Gasteiger charge is -2.35. The number of carbonyl (C=O) groups excluding carboxylic acids is 3. The van der Waals surface area contributed by atoms with Crippen molar-refractivity contribution in [3.05, 3.63) is 12.2 Å². The summed E-state index contributed by atoms with van der Waals surface area (Å²) in [4.78, 5) is 41.9. The summed E-state index contributed by atoms with van der Waals surface area (Å²) in [6.07, 6.45) is 11.5. The zero-order valence-corrected chi connectivity index (χ0v) is 19.8. The Morgan fingerprint density at radius 2 is 1.91 bits per heavy atom. The molecule has 1 saturated heterocycles. The van der Waals surface area contributed by atoms with Gasteiger partial charge in [0, 0.05) is 12.0 Å². The summed E-state index contributed by atoms with van der Waals surface area (Å²) in [5.41, 5.74) is 0. The summed E-state index contributed by atoms with van der Waals surface area (Å²) < 4.78 is 5.39. The fourth-order valence-corrected chi connectivity index (χ4v) is 5.96. The molecule has 1 heterocycles. The molecule has 2 fully saturated rings. The SMILES string of the molecule is CCC[C@@H]1C=C[C@H]2[C@@H](C(=O)N([C@@H](CC)CO)[C@@H]2C(=O)NC2CCCCC2)[C@@H]1C(=O)OCC. The molecule has 3 aliphatic rings. The smallest absolute Gasteiger partial charge is 0.310 e. The van der Waals surface area contributed by atoms with Crippen LogP contribution in [0, 0.1) is 23.7 Å². The Morgan fingerprint density at radius 1 is 1.19 bits per heavy atom. The minimum atomic E-state index is -0.706. The van der Waals surface area contributed by atoms with Gasteiger partial charge < -0.3 is 20.1 Å². The second-order valence-electron chi connectivity index (χ2n) is 9.50. The van der Waals surface area contributed by atoms with E-state index < -0.39 is 29.8 Å². The van der Waals surface area contributed by atoms with Crippen molar-refractivity contribution in [2.24, 2.45) is 23.7 Å². The number of ether oxygens (including phenoxy) is 1. The van der Waals surface area contributed by atoms with Gasteiger partial charge in [0.25, 0.3) is 0 Å². The number of hydrogen-bond donors (Lipinski definition) is 2. The fraction of sp³-hybridized carbons (Fsp3) is 0.800. The largest absolute Gasteiger partial charge is 0.466 e. The van der Waals surface area contributed by atoms with E-state index in [9.17, 15) is 19.5 Å². The molecule has 2 amide bonds. The van der Waals surface area contributed by atoms with Crippen molar-refractivity contribution >= 4 is 17.8 Å². The van der Waals surface area contributed by atoms with Crippen LogP contribution in [0.2, 0.25) is 0 Å². The number of aliphatic hydroxyl groups is 1. The molecular weight excluding hydrogens is 408 g/mol. The molecule has 0 aromatic rings. The third-order valence-electron chi connectivity index (χ3n) is 7.52. The Labute approximate surface area is 191 Å². The quantitative estimate of drug-likeness (QED) is 0.418. The molecular formula is C25H40N2O5. The molecule has 3 rings (SSSR count). The van der Waals surface area contributed by atoms with Crippen LogP contribution >= 0.6 is 0 Å². The molecule has 6 atom stereocenters. The molecule has 7 nitrogen and oxygen atoms in total. The van der Waals surface area contributed by atoms with E-state index in [1.165, 1.54) is 6.42 Å². The number of amides is 2. The van der Waals surface area contributed by atoms with E-state index >= 15 is 0 Å². The number of carbonyl (C=O) groups is 3. The highest BCUT2D eigenvalue weighted by molar-refractivity contribution is 5.96. The van der Waals surface area contributed by atoms with Gasteiger partial charge in [-0.25, -0.2) is 0 Å². The summed E-state index contributed by atoms with van der Waals surface area (Å²) in [6, 6.07) is -1.03. The minimum Gasteiger partial charge on any atom is -0.466 e. The summed E-state index contributed by atoms with van der Waals surface area (Å²) in [6.45, 7) is 5.79. The van der Waals surface area contributed by atoms with E-state index in [-0.39, 0.29) is 43.0 Å². The van der Waals surface area contributed by atoms with Gasteiger partial charge in [-0.1, -0.05) is 51.7 Å². The first-order valence-electron chi connectivity index (χ1n) is 12.6. The minimum absolute atomic E-state index is 0.0829. The van der Waals surface area contributed by atoms with E-state index in [1.54, 1.807) is 11.8 Å². The molecule has 0 aromatic heterocycles. The summed E-state index contributed by atoms with van der Waals surface area (Å²) >= 11 is 0. The summed E-state index contributed by atoms with van der Waals surface area (Å²) in [7, 11) is 0. The van der Waals surface area contributed by atoms with Gasteiger partial charge in [0.1, 0.15) is 6.04 Å². The van der Waals surface area contributed by atoms with Crippen molar-refractivity contribution in [3.63, 3.8) is 0 Å². The average molecular weight is 449 g/mol. The van der Waals surface area contributed by atoms with Crippen LogP contribution in [0.1, 0.15) is 72.1 Å². The molecule has 7 heteroatoms. The molecule has 1 aliphatic heterocycles. The predicted molar refractivity (Wildman–Crippen MR) is 121 cm³/mol. The molecule has 180 valence electrons. The van der Waals surface area contributed by atoms with Gasteiger partial charge in [0.2, 0.25) is 11.8 Å². The van der Waals surface area contributed by atoms with Crippen molar-refractivity contribution in [1.82, 2.24) is 10.2 Å². The van der Waals surface area contributed by atoms with Gasteiger partial charge in [-0.15, -0.1) is 0 Å². The number of hydrogen-bond acceptors (Lipinski definition) is 5. The molecule has 0 bridgehead atoms. The zero-order chi connectivity index (χ0) is 23.3. The van der Waals surface area contributed by atoms with Crippen LogP contribution in [0.15, 0.2) is 12.2 Å². The highest BCUT2D eigenvalue weighted by Crippen LogP contribution is 2.46. The van der Waals surface area contributed by atoms with Gasteiger partial charge >= 0.3 is 5.97 Å². The molecule has 1 saturated carbocycles. The maximum Gasteiger partial charge on any atom is 0.310 e. The number of rotatable bonds is 9. The first-order valence-corrected chi connectivity index (χ1v) is 12.6. The van der Waals surface area contributed by atoms with Crippen molar-refractivity contribution in [2.45, 2.75) is 90.3 Å². The molecule has 0 aromatic carbocycles. The van der Waals surface area contributed by atoms with Crippen LogP contribution in [0.25, 0.3) is 0 Å². The third-order valence-corrected chi connectivity index (χ3v) is 7.52. The van der Waals surface area contributed by atoms with E-state index in [2.05, 4.69) is 12.2 Å². The number of likely N-dealkylation sites (tertiary alicyclic amines) is 1. The molecule has 2 aliphatic carbocycles. The lowest BCUT2D eigenvalue weighted by atomic mass is 9.68. The second kappa shape index (κ2) is 11.3. The Morgan fingerprint density at radius 3 is 2.50 bits per heavy atom. The van der Waals surface area contributed by atoms with E-state index in [0.717, 1.165) is 38.5 Å². The van der Waals surface area contributed by atoms with Crippen LogP contribution in [0.5, 0.6) is 0 Å². The molecule has 32 heavy (non-hydrogen) atoms. The van der Waals surface area contributed by atoms with Gasteiger partial charge in [-0.05, 0) is 38.5 Å². The highest BCUT2D eigenvalue weighted by atomic mass is 16.5. The van der Waals surface area contributed by atoms with Gasteiger partial charge in [0.15, 0.2) is 0 Å². The zero-order valence-electron chi connectivity index (χ0n) is 19.8. The van der Waals surface area contributed by atoms with Crippen LogP contribution in [0.3, 0.4) is 0 Å². The first-order chi connectivity index (χ1) is 15.5. The Hall–Kier alpha value is -1.89. The van der Waals surface area contributed by atoms with E-state index in [1.807, 2.05) is 19.1 Å². The van der Waals surface area contributed by atoms with E-state index in [4.69, 9.17) is 4.74 Å². The number of nitrogens with one attached hydrogen (secondary N) is 1. The normalized spacial score (nSPS) is 31.3. The maximum absolute atomic E-state index is 13.8. The lowest BCUT2D eigenvalue weighted by Crippen LogP contribution is -2.54. The van der Waals surface area contributed by atoms with Crippen molar-refractivity contribution < 1.29 is 24.2 Å². The van der Waals surface area contributed by atoms with Crippen LogP contribution in [-0.2, 0) is 19.1 Å². The monoisotopic (exact) mass is 448 g/mol. The number of esters is 1. The number of fused-ring (bicyclic) bond motifs is 1. The number of nitrogens with zero attached hydrogens (tertiary/aromatic N) is 1. The van der Waals surface area contributed by atoms with Gasteiger partial charge in [0.05, 0.1) is 31.1 Å². The number of allylic oxidation sites excluding steroid dienone is 1.